The van der Waals surface area contributed by atoms with Crippen molar-refractivity contribution in [2.75, 3.05) is 69.1 Å². The van der Waals surface area contributed by atoms with E-state index in [1.165, 1.54) is 31.5 Å². The van der Waals surface area contributed by atoms with Crippen molar-refractivity contribution in [1.29, 1.82) is 5.26 Å². The first-order valence-corrected chi connectivity index (χ1v) is 14.6. The van der Waals surface area contributed by atoms with Crippen molar-refractivity contribution in [3.8, 4) is 6.07 Å². The van der Waals surface area contributed by atoms with Crippen LogP contribution >= 0.6 is 0 Å². The fraction of sp³-hybridized carbons (Fsp3) is 0.567. The first kappa shape index (κ1) is 29.3. The summed E-state index contributed by atoms with van der Waals surface area (Å²) in [6, 6.07) is 9.25. The van der Waals surface area contributed by atoms with Crippen molar-refractivity contribution in [3.05, 3.63) is 53.2 Å². The zero-order chi connectivity index (χ0) is 28.8. The number of rotatable bonds is 7. The number of halogens is 3. The number of alkyl halides is 3. The van der Waals surface area contributed by atoms with Gasteiger partial charge in [0.1, 0.15) is 5.82 Å². The Morgan fingerprint density at radius 3 is 2.37 bits per heavy atom. The molecule has 8 nitrogen and oxygen atoms in total. The molecule has 0 saturated carbocycles. The van der Waals surface area contributed by atoms with Crippen LogP contribution in [-0.4, -0.2) is 79.6 Å². The normalized spacial score (nSPS) is 20.1. The molecule has 4 heterocycles. The van der Waals surface area contributed by atoms with Crippen LogP contribution < -0.4 is 15.5 Å². The van der Waals surface area contributed by atoms with Gasteiger partial charge >= 0.3 is 6.18 Å². The Balaban J connectivity index is 1.06. The number of pyridine rings is 1. The second kappa shape index (κ2) is 13.2. The molecule has 3 aliphatic rings. The van der Waals surface area contributed by atoms with Crippen molar-refractivity contribution in [1.82, 2.24) is 20.1 Å². The van der Waals surface area contributed by atoms with Crippen LogP contribution in [0.3, 0.4) is 0 Å². The van der Waals surface area contributed by atoms with E-state index in [0.717, 1.165) is 63.4 Å². The van der Waals surface area contributed by atoms with Crippen LogP contribution in [0.4, 0.5) is 24.7 Å². The van der Waals surface area contributed by atoms with E-state index < -0.39 is 11.7 Å². The number of aromatic nitrogens is 1. The number of carbonyl (C=O) groups excluding carboxylic acids is 1. The fourth-order valence-corrected chi connectivity index (χ4v) is 6.13. The molecule has 1 aromatic heterocycles. The molecule has 220 valence electrons. The minimum absolute atomic E-state index is 0.118. The summed E-state index contributed by atoms with van der Waals surface area (Å²) < 4.78 is 40.1. The van der Waals surface area contributed by atoms with Crippen LogP contribution in [0.1, 0.15) is 42.4 Å². The minimum Gasteiger partial charge on any atom is -0.371 e. The fourth-order valence-electron chi connectivity index (χ4n) is 6.13. The number of carbonyl (C=O) groups is 1. The van der Waals surface area contributed by atoms with E-state index in [-0.39, 0.29) is 17.4 Å². The molecule has 3 aliphatic heterocycles. The lowest BCUT2D eigenvalue weighted by atomic mass is 9.95. The summed E-state index contributed by atoms with van der Waals surface area (Å²) in [5.74, 6) is 0.925. The van der Waals surface area contributed by atoms with Crippen molar-refractivity contribution in [3.63, 3.8) is 0 Å². The molecular formula is C30H38F3N7O. The Labute approximate surface area is 239 Å². The van der Waals surface area contributed by atoms with Crippen molar-refractivity contribution < 1.29 is 18.0 Å². The molecule has 0 atom stereocenters. The van der Waals surface area contributed by atoms with Gasteiger partial charge in [-0.1, -0.05) is 6.07 Å². The largest absolute Gasteiger partial charge is 0.417 e. The molecule has 2 aromatic rings. The maximum absolute atomic E-state index is 13.4. The zero-order valence-corrected chi connectivity index (χ0v) is 23.3. The van der Waals surface area contributed by atoms with E-state index in [1.54, 1.807) is 6.07 Å². The van der Waals surface area contributed by atoms with Crippen LogP contribution in [0.5, 0.6) is 0 Å². The number of likely N-dealkylation sites (tertiary alicyclic amines) is 1. The van der Waals surface area contributed by atoms with Gasteiger partial charge < -0.3 is 20.4 Å². The Kier molecular flexibility index (Phi) is 9.42. The highest BCUT2D eigenvalue weighted by atomic mass is 19.4. The molecule has 0 bridgehead atoms. The first-order chi connectivity index (χ1) is 19.8. The zero-order valence-electron chi connectivity index (χ0n) is 23.3. The van der Waals surface area contributed by atoms with Gasteiger partial charge in [-0.25, -0.2) is 4.98 Å². The van der Waals surface area contributed by atoms with Gasteiger partial charge in [-0.2, -0.15) is 18.4 Å². The molecule has 1 aromatic carbocycles. The van der Waals surface area contributed by atoms with Gasteiger partial charge in [0.15, 0.2) is 0 Å². The van der Waals surface area contributed by atoms with Gasteiger partial charge in [0.05, 0.1) is 17.2 Å². The number of hydrogen-bond donors (Lipinski definition) is 2. The third kappa shape index (κ3) is 7.76. The van der Waals surface area contributed by atoms with Crippen LogP contribution in [0.2, 0.25) is 0 Å². The Bertz CT molecular complexity index is 1210. The van der Waals surface area contributed by atoms with E-state index in [1.807, 2.05) is 23.2 Å². The van der Waals surface area contributed by atoms with Crippen molar-refractivity contribution >= 4 is 17.4 Å². The number of nitrogens with one attached hydrogen (secondary N) is 2. The molecule has 3 saturated heterocycles. The third-order valence-electron chi connectivity index (χ3n) is 8.58. The third-order valence-corrected chi connectivity index (χ3v) is 8.58. The summed E-state index contributed by atoms with van der Waals surface area (Å²) >= 11 is 0. The maximum atomic E-state index is 13.4. The monoisotopic (exact) mass is 569 g/mol. The van der Waals surface area contributed by atoms with E-state index in [2.05, 4.69) is 25.4 Å². The van der Waals surface area contributed by atoms with Crippen molar-refractivity contribution in [2.24, 2.45) is 11.8 Å². The molecule has 41 heavy (non-hydrogen) atoms. The Morgan fingerprint density at radius 1 is 1.00 bits per heavy atom. The maximum Gasteiger partial charge on any atom is 0.417 e. The van der Waals surface area contributed by atoms with Gasteiger partial charge in [-0.15, -0.1) is 0 Å². The molecule has 3 fully saturated rings. The topological polar surface area (TPSA) is 87.5 Å². The standard InChI is InChI=1S/C30H38F3N7O/c31-30(32,33)27-17-26(3-2-25(27)18-34)40-13-7-24(8-14-40)29(41)37-28-4-1-23(19-36-28)21-38-11-5-22(6-12-38)20-39-15-9-35-10-16-39/h1-4,17,19,22,24,35H,5-16,20-21H2,(H,36,37,41). The lowest BCUT2D eigenvalue weighted by Gasteiger charge is -2.36. The summed E-state index contributed by atoms with van der Waals surface area (Å²) in [6.07, 6.45) is 0.724. The predicted molar refractivity (Wildman–Crippen MR) is 151 cm³/mol. The molecular weight excluding hydrogens is 531 g/mol. The smallest absolute Gasteiger partial charge is 0.371 e. The first-order valence-electron chi connectivity index (χ1n) is 14.6. The second-order valence-electron chi connectivity index (χ2n) is 11.4. The summed E-state index contributed by atoms with van der Waals surface area (Å²) in [4.78, 5) is 24.2. The van der Waals surface area contributed by atoms with E-state index >= 15 is 0 Å². The van der Waals surface area contributed by atoms with Gasteiger partial charge in [0, 0.05) is 70.2 Å². The quantitative estimate of drug-likeness (QED) is 0.522. The van der Waals surface area contributed by atoms with E-state index in [9.17, 15) is 18.0 Å². The molecule has 1 amide bonds. The molecule has 5 rings (SSSR count). The van der Waals surface area contributed by atoms with Gasteiger partial charge in [-0.3, -0.25) is 9.69 Å². The molecule has 0 unspecified atom stereocenters. The van der Waals surface area contributed by atoms with Crippen LogP contribution in [0.25, 0.3) is 0 Å². The molecule has 0 aliphatic carbocycles. The Morgan fingerprint density at radius 2 is 1.73 bits per heavy atom. The summed E-state index contributed by atoms with van der Waals surface area (Å²) in [5, 5.41) is 15.4. The van der Waals surface area contributed by atoms with E-state index in [0.29, 0.717) is 37.4 Å². The number of piperidine rings is 2. The molecule has 0 radical (unpaired) electrons. The van der Waals surface area contributed by atoms with E-state index in [4.69, 9.17) is 5.26 Å². The summed E-state index contributed by atoms with van der Waals surface area (Å²) in [6.45, 7) is 9.65. The number of piperazine rings is 1. The average Bonchev–Trinajstić information content (AvgIpc) is 2.99. The highest BCUT2D eigenvalue weighted by Crippen LogP contribution is 2.35. The lowest BCUT2D eigenvalue weighted by Crippen LogP contribution is -2.46. The minimum atomic E-state index is -4.59. The number of nitrogens with zero attached hydrogens (tertiary/aromatic N) is 5. The van der Waals surface area contributed by atoms with Gasteiger partial charge in [0.2, 0.25) is 5.91 Å². The van der Waals surface area contributed by atoms with Gasteiger partial charge in [0.25, 0.3) is 0 Å². The Hall–Kier alpha value is -3.20. The van der Waals surface area contributed by atoms with Crippen LogP contribution in [0.15, 0.2) is 36.5 Å². The highest BCUT2D eigenvalue weighted by molar-refractivity contribution is 5.91. The summed E-state index contributed by atoms with van der Waals surface area (Å²) in [5.41, 5.74) is 0.218. The van der Waals surface area contributed by atoms with Crippen molar-refractivity contribution in [2.45, 2.75) is 38.4 Å². The van der Waals surface area contributed by atoms with Gasteiger partial charge in [-0.05, 0) is 74.5 Å². The average molecular weight is 570 g/mol. The molecule has 2 N–H and O–H groups in total. The SMILES string of the molecule is N#Cc1ccc(N2CCC(C(=O)Nc3ccc(CN4CCC(CN5CCNCC5)CC4)cn3)CC2)cc1C(F)(F)F. The number of hydrogen-bond acceptors (Lipinski definition) is 7. The molecule has 0 spiro atoms. The lowest BCUT2D eigenvalue weighted by molar-refractivity contribution is -0.137. The second-order valence-corrected chi connectivity index (χ2v) is 11.4. The number of nitriles is 1. The number of amides is 1. The predicted octanol–water partition coefficient (Wildman–Crippen LogP) is 3.94. The van der Waals surface area contributed by atoms with Crippen LogP contribution in [-0.2, 0) is 17.5 Å². The molecule has 11 heteroatoms. The highest BCUT2D eigenvalue weighted by Gasteiger charge is 2.35. The summed E-state index contributed by atoms with van der Waals surface area (Å²) in [7, 11) is 0. The van der Waals surface area contributed by atoms with Crippen LogP contribution in [0, 0.1) is 23.2 Å². The number of anilines is 2. The number of benzene rings is 1.